The number of nitrogens with zero attached hydrogens (tertiary/aromatic N) is 3. The van der Waals surface area contributed by atoms with Crippen LogP contribution in [0.4, 0.5) is 4.79 Å². The summed E-state index contributed by atoms with van der Waals surface area (Å²) < 4.78 is 6.06. The molecule has 27 heavy (non-hydrogen) atoms. The van der Waals surface area contributed by atoms with E-state index in [9.17, 15) is 9.59 Å². The smallest absolute Gasteiger partial charge is 0.319 e. The van der Waals surface area contributed by atoms with Crippen molar-refractivity contribution in [2.75, 3.05) is 40.3 Å². The Kier molecular flexibility index (Phi) is 6.24. The molecular weight excluding hydrogens is 342 g/mol. The van der Waals surface area contributed by atoms with Crippen LogP contribution in [0, 0.1) is 12.8 Å². The molecule has 0 saturated carbocycles. The Balaban J connectivity index is 1.49. The third-order valence-corrected chi connectivity index (χ3v) is 5.50. The standard InChI is InChI=1S/C21H31N3O3/c1-16-6-8-18(9-7-16)27-19-10-13-23(14-11-19)20(25)17-5-4-12-24(15-17)21(26)22(2)3/h6-9,17,19H,4-5,10-15H2,1-3H3/t17-/m0/s1. The predicted molar refractivity (Wildman–Crippen MR) is 105 cm³/mol. The second kappa shape index (κ2) is 8.63. The average Bonchev–Trinajstić information content (AvgIpc) is 2.69. The van der Waals surface area contributed by atoms with Gasteiger partial charge in [-0.25, -0.2) is 4.79 Å². The summed E-state index contributed by atoms with van der Waals surface area (Å²) in [7, 11) is 3.51. The molecule has 0 radical (unpaired) electrons. The lowest BCUT2D eigenvalue weighted by atomic mass is 9.95. The molecule has 3 amide bonds. The minimum atomic E-state index is -0.0720. The molecule has 3 rings (SSSR count). The number of carbonyl (C=O) groups excluding carboxylic acids is 2. The maximum atomic E-state index is 12.9. The number of ether oxygens (including phenoxy) is 1. The number of likely N-dealkylation sites (tertiary alicyclic amines) is 2. The topological polar surface area (TPSA) is 53.1 Å². The van der Waals surface area contributed by atoms with E-state index >= 15 is 0 Å². The van der Waals surface area contributed by atoms with Gasteiger partial charge in [0.15, 0.2) is 0 Å². The van der Waals surface area contributed by atoms with E-state index in [1.54, 1.807) is 23.9 Å². The van der Waals surface area contributed by atoms with Gasteiger partial charge >= 0.3 is 6.03 Å². The Labute approximate surface area is 162 Å². The fourth-order valence-corrected chi connectivity index (χ4v) is 3.90. The van der Waals surface area contributed by atoms with Crippen molar-refractivity contribution in [1.82, 2.24) is 14.7 Å². The molecule has 0 N–H and O–H groups in total. The fraction of sp³-hybridized carbons (Fsp3) is 0.619. The van der Waals surface area contributed by atoms with Crippen LogP contribution in [-0.4, -0.2) is 73.0 Å². The van der Waals surface area contributed by atoms with Gasteiger partial charge in [0.1, 0.15) is 11.9 Å². The first-order chi connectivity index (χ1) is 12.9. The Morgan fingerprint density at radius 1 is 1.00 bits per heavy atom. The Bertz CT molecular complexity index is 651. The zero-order valence-corrected chi connectivity index (χ0v) is 16.7. The zero-order valence-electron chi connectivity index (χ0n) is 16.7. The molecule has 2 aliphatic rings. The molecule has 2 fully saturated rings. The molecule has 0 unspecified atom stereocenters. The molecular formula is C21H31N3O3. The predicted octanol–water partition coefficient (Wildman–Crippen LogP) is 2.76. The zero-order chi connectivity index (χ0) is 19.4. The first-order valence-corrected chi connectivity index (χ1v) is 9.92. The molecule has 2 saturated heterocycles. The average molecular weight is 373 g/mol. The maximum absolute atomic E-state index is 12.9. The van der Waals surface area contributed by atoms with Crippen LogP contribution < -0.4 is 4.74 Å². The fourth-order valence-electron chi connectivity index (χ4n) is 3.90. The lowest BCUT2D eigenvalue weighted by molar-refractivity contribution is -0.138. The number of hydrogen-bond acceptors (Lipinski definition) is 3. The van der Waals surface area contributed by atoms with Crippen LogP contribution in [0.2, 0.25) is 0 Å². The summed E-state index contributed by atoms with van der Waals surface area (Å²) in [4.78, 5) is 30.5. The third kappa shape index (κ3) is 4.93. The summed E-state index contributed by atoms with van der Waals surface area (Å²) in [5, 5.41) is 0. The molecule has 0 aliphatic carbocycles. The highest BCUT2D eigenvalue weighted by atomic mass is 16.5. The minimum Gasteiger partial charge on any atom is -0.490 e. The van der Waals surface area contributed by atoms with Crippen LogP contribution in [-0.2, 0) is 4.79 Å². The highest BCUT2D eigenvalue weighted by Crippen LogP contribution is 2.24. The van der Waals surface area contributed by atoms with E-state index in [1.165, 1.54) is 5.56 Å². The minimum absolute atomic E-state index is 0.00212. The molecule has 6 nitrogen and oxygen atoms in total. The number of urea groups is 1. The van der Waals surface area contributed by atoms with Gasteiger partial charge in [0.25, 0.3) is 0 Å². The molecule has 6 heteroatoms. The summed E-state index contributed by atoms with van der Waals surface area (Å²) >= 11 is 0. The molecule has 0 bridgehead atoms. The molecule has 1 aromatic carbocycles. The monoisotopic (exact) mass is 373 g/mol. The summed E-state index contributed by atoms with van der Waals surface area (Å²) in [6.07, 6.45) is 3.63. The Morgan fingerprint density at radius 2 is 1.67 bits per heavy atom. The first kappa shape index (κ1) is 19.5. The molecule has 0 spiro atoms. The van der Waals surface area contributed by atoms with Gasteiger partial charge < -0.3 is 19.4 Å². The Hall–Kier alpha value is -2.24. The normalized spacial score (nSPS) is 21.1. The van der Waals surface area contributed by atoms with Gasteiger partial charge in [-0.3, -0.25) is 4.79 Å². The highest BCUT2D eigenvalue weighted by Gasteiger charge is 2.33. The number of amides is 3. The molecule has 0 aromatic heterocycles. The van der Waals surface area contributed by atoms with E-state index in [0.717, 1.165) is 51.1 Å². The summed E-state index contributed by atoms with van der Waals surface area (Å²) in [5.41, 5.74) is 1.22. The number of piperidine rings is 2. The third-order valence-electron chi connectivity index (χ3n) is 5.50. The first-order valence-electron chi connectivity index (χ1n) is 9.92. The van der Waals surface area contributed by atoms with Crippen molar-refractivity contribution in [2.45, 2.75) is 38.7 Å². The van der Waals surface area contributed by atoms with Gasteiger partial charge in [-0.15, -0.1) is 0 Å². The van der Waals surface area contributed by atoms with Crippen LogP contribution in [0.3, 0.4) is 0 Å². The van der Waals surface area contributed by atoms with Crippen LogP contribution in [0.25, 0.3) is 0 Å². The number of hydrogen-bond donors (Lipinski definition) is 0. The quantitative estimate of drug-likeness (QED) is 0.819. The Morgan fingerprint density at radius 3 is 2.30 bits per heavy atom. The van der Waals surface area contributed by atoms with Crippen molar-refractivity contribution in [3.8, 4) is 5.75 Å². The second-order valence-electron chi connectivity index (χ2n) is 7.92. The summed E-state index contributed by atoms with van der Waals surface area (Å²) in [6, 6.07) is 8.12. The van der Waals surface area contributed by atoms with Crippen LogP contribution in [0.1, 0.15) is 31.2 Å². The van der Waals surface area contributed by atoms with Crippen molar-refractivity contribution in [2.24, 2.45) is 5.92 Å². The lowest BCUT2D eigenvalue weighted by Crippen LogP contribution is -2.51. The number of benzene rings is 1. The van der Waals surface area contributed by atoms with Gasteiger partial charge in [0, 0.05) is 53.1 Å². The van der Waals surface area contributed by atoms with Gasteiger partial charge in [-0.2, -0.15) is 0 Å². The van der Waals surface area contributed by atoms with E-state index < -0.39 is 0 Å². The van der Waals surface area contributed by atoms with Crippen molar-refractivity contribution in [3.63, 3.8) is 0 Å². The molecule has 148 valence electrons. The molecule has 2 aliphatic heterocycles. The van der Waals surface area contributed by atoms with Crippen LogP contribution in [0.5, 0.6) is 5.75 Å². The van der Waals surface area contributed by atoms with Gasteiger partial charge in [0.05, 0.1) is 5.92 Å². The van der Waals surface area contributed by atoms with E-state index in [1.807, 2.05) is 17.0 Å². The van der Waals surface area contributed by atoms with E-state index in [4.69, 9.17) is 4.74 Å². The van der Waals surface area contributed by atoms with Crippen molar-refractivity contribution >= 4 is 11.9 Å². The van der Waals surface area contributed by atoms with Crippen LogP contribution in [0.15, 0.2) is 24.3 Å². The van der Waals surface area contributed by atoms with Gasteiger partial charge in [-0.05, 0) is 31.9 Å². The van der Waals surface area contributed by atoms with E-state index in [0.29, 0.717) is 6.54 Å². The molecule has 1 atom stereocenters. The summed E-state index contributed by atoms with van der Waals surface area (Å²) in [6.45, 7) is 4.80. The van der Waals surface area contributed by atoms with Crippen molar-refractivity contribution in [1.29, 1.82) is 0 Å². The van der Waals surface area contributed by atoms with Gasteiger partial charge in [-0.1, -0.05) is 17.7 Å². The SMILES string of the molecule is Cc1ccc(OC2CCN(C(=O)[C@H]3CCCN(C(=O)N(C)C)C3)CC2)cc1. The largest absolute Gasteiger partial charge is 0.490 e. The van der Waals surface area contributed by atoms with Gasteiger partial charge in [0.2, 0.25) is 5.91 Å². The van der Waals surface area contributed by atoms with Crippen molar-refractivity contribution in [3.05, 3.63) is 29.8 Å². The van der Waals surface area contributed by atoms with Crippen LogP contribution >= 0.6 is 0 Å². The molecule has 1 aromatic rings. The maximum Gasteiger partial charge on any atom is 0.319 e. The number of carbonyl (C=O) groups is 2. The van der Waals surface area contributed by atoms with E-state index in [2.05, 4.69) is 19.1 Å². The lowest BCUT2D eigenvalue weighted by Gasteiger charge is -2.38. The van der Waals surface area contributed by atoms with Crippen molar-refractivity contribution < 1.29 is 14.3 Å². The molecule has 2 heterocycles. The summed E-state index contributed by atoms with van der Waals surface area (Å²) in [5.74, 6) is 1.02. The second-order valence-corrected chi connectivity index (χ2v) is 7.92. The number of rotatable bonds is 3. The highest BCUT2D eigenvalue weighted by molar-refractivity contribution is 5.81. The van der Waals surface area contributed by atoms with E-state index in [-0.39, 0.29) is 24.0 Å². The number of aryl methyl sites for hydroxylation is 1.